The van der Waals surface area contributed by atoms with E-state index >= 15 is 0 Å². The number of allylic oxidation sites excluding steroid dienone is 1. The van der Waals surface area contributed by atoms with Gasteiger partial charge in [0.25, 0.3) is 0 Å². The summed E-state index contributed by atoms with van der Waals surface area (Å²) >= 11 is 6.11. The highest BCUT2D eigenvalue weighted by Gasteiger charge is 2.06. The Bertz CT molecular complexity index is 320. The van der Waals surface area contributed by atoms with Gasteiger partial charge in [-0.1, -0.05) is 42.0 Å². The molecule has 0 saturated heterocycles. The monoisotopic (exact) mass is 223 g/mol. The van der Waals surface area contributed by atoms with Crippen LogP contribution in [0.5, 0.6) is 0 Å². The molecule has 1 N–H and O–H groups in total. The molecular weight excluding hydrogens is 206 g/mol. The molecule has 0 spiro atoms. The van der Waals surface area contributed by atoms with Crippen molar-refractivity contribution >= 4 is 11.6 Å². The molecule has 1 rings (SSSR count). The highest BCUT2D eigenvalue weighted by Crippen LogP contribution is 2.21. The lowest BCUT2D eigenvalue weighted by Crippen LogP contribution is -2.19. The van der Waals surface area contributed by atoms with Gasteiger partial charge in [-0.3, -0.25) is 0 Å². The third-order valence-corrected chi connectivity index (χ3v) is 2.71. The van der Waals surface area contributed by atoms with Gasteiger partial charge in [0, 0.05) is 11.1 Å². The molecule has 0 saturated carbocycles. The van der Waals surface area contributed by atoms with Crippen molar-refractivity contribution in [1.82, 2.24) is 5.32 Å². The Morgan fingerprint density at radius 2 is 2.13 bits per heavy atom. The Labute approximate surface area is 97.1 Å². The maximum Gasteiger partial charge on any atom is 0.0453 e. The number of hydrogen-bond donors (Lipinski definition) is 1. The SMILES string of the molecule is C/C=C/CCNC(C)c1ccccc1Cl. The van der Waals surface area contributed by atoms with Crippen molar-refractivity contribution in [2.45, 2.75) is 26.3 Å². The third kappa shape index (κ3) is 4.06. The van der Waals surface area contributed by atoms with Crippen molar-refractivity contribution in [3.63, 3.8) is 0 Å². The van der Waals surface area contributed by atoms with E-state index in [1.165, 1.54) is 5.56 Å². The first kappa shape index (κ1) is 12.3. The molecule has 0 fully saturated rings. The van der Waals surface area contributed by atoms with E-state index in [0.717, 1.165) is 18.0 Å². The van der Waals surface area contributed by atoms with Crippen LogP contribution in [-0.4, -0.2) is 6.54 Å². The number of hydrogen-bond acceptors (Lipinski definition) is 1. The second-order valence-electron chi connectivity index (χ2n) is 3.56. The molecule has 0 bridgehead atoms. The fourth-order valence-corrected chi connectivity index (χ4v) is 1.79. The van der Waals surface area contributed by atoms with Gasteiger partial charge in [0.2, 0.25) is 0 Å². The highest BCUT2D eigenvalue weighted by atomic mass is 35.5. The summed E-state index contributed by atoms with van der Waals surface area (Å²) in [6.07, 6.45) is 5.29. The number of halogens is 1. The molecule has 15 heavy (non-hydrogen) atoms. The standard InChI is InChI=1S/C13H18ClN/c1-3-4-7-10-15-11(2)12-8-5-6-9-13(12)14/h3-6,8-9,11,15H,7,10H2,1-2H3/b4-3+. The quantitative estimate of drug-likeness (QED) is 0.589. The molecule has 1 nitrogen and oxygen atoms in total. The van der Waals surface area contributed by atoms with Gasteiger partial charge in [-0.2, -0.15) is 0 Å². The Kier molecular flexibility index (Phi) is 5.44. The smallest absolute Gasteiger partial charge is 0.0453 e. The Balaban J connectivity index is 2.46. The maximum atomic E-state index is 6.11. The molecule has 0 radical (unpaired) electrons. The first-order chi connectivity index (χ1) is 7.25. The molecule has 82 valence electrons. The van der Waals surface area contributed by atoms with Gasteiger partial charge in [-0.05, 0) is 38.4 Å². The van der Waals surface area contributed by atoms with Crippen LogP contribution in [0.4, 0.5) is 0 Å². The molecular formula is C13H18ClN. The van der Waals surface area contributed by atoms with Crippen molar-refractivity contribution < 1.29 is 0 Å². The van der Waals surface area contributed by atoms with Crippen LogP contribution in [0.15, 0.2) is 36.4 Å². The van der Waals surface area contributed by atoms with E-state index < -0.39 is 0 Å². The van der Waals surface area contributed by atoms with Crippen LogP contribution >= 0.6 is 11.6 Å². The number of rotatable bonds is 5. The van der Waals surface area contributed by atoms with Crippen molar-refractivity contribution in [1.29, 1.82) is 0 Å². The summed E-state index contributed by atoms with van der Waals surface area (Å²) in [4.78, 5) is 0. The topological polar surface area (TPSA) is 12.0 Å². The van der Waals surface area contributed by atoms with E-state index in [1.807, 2.05) is 25.1 Å². The van der Waals surface area contributed by atoms with Crippen molar-refractivity contribution in [3.05, 3.63) is 47.0 Å². The van der Waals surface area contributed by atoms with Gasteiger partial charge < -0.3 is 5.32 Å². The van der Waals surface area contributed by atoms with Crippen molar-refractivity contribution in [2.75, 3.05) is 6.54 Å². The molecule has 0 aliphatic rings. The van der Waals surface area contributed by atoms with Gasteiger partial charge in [0.1, 0.15) is 0 Å². The molecule has 0 aliphatic carbocycles. The largest absolute Gasteiger partial charge is 0.310 e. The Morgan fingerprint density at radius 3 is 2.80 bits per heavy atom. The van der Waals surface area contributed by atoms with E-state index in [1.54, 1.807) is 0 Å². The second kappa shape index (κ2) is 6.65. The van der Waals surface area contributed by atoms with Gasteiger partial charge >= 0.3 is 0 Å². The summed E-state index contributed by atoms with van der Waals surface area (Å²) in [5.41, 5.74) is 1.17. The lowest BCUT2D eigenvalue weighted by Gasteiger charge is -2.14. The van der Waals surface area contributed by atoms with Crippen molar-refractivity contribution in [3.8, 4) is 0 Å². The van der Waals surface area contributed by atoms with E-state index in [0.29, 0.717) is 6.04 Å². The highest BCUT2D eigenvalue weighted by molar-refractivity contribution is 6.31. The predicted octanol–water partition coefficient (Wildman–Crippen LogP) is 3.96. The van der Waals surface area contributed by atoms with Crippen LogP contribution in [0, 0.1) is 0 Å². The lowest BCUT2D eigenvalue weighted by atomic mass is 10.1. The van der Waals surface area contributed by atoms with Crippen LogP contribution < -0.4 is 5.32 Å². The van der Waals surface area contributed by atoms with Crippen LogP contribution in [-0.2, 0) is 0 Å². The molecule has 1 aromatic carbocycles. The minimum absolute atomic E-state index is 0.309. The average Bonchev–Trinajstić information content (AvgIpc) is 2.25. The summed E-state index contributed by atoms with van der Waals surface area (Å²) in [7, 11) is 0. The summed E-state index contributed by atoms with van der Waals surface area (Å²) in [5, 5.41) is 4.28. The third-order valence-electron chi connectivity index (χ3n) is 2.37. The molecule has 0 aliphatic heterocycles. The number of nitrogens with one attached hydrogen (secondary N) is 1. The zero-order chi connectivity index (χ0) is 11.1. The van der Waals surface area contributed by atoms with Gasteiger partial charge in [-0.15, -0.1) is 0 Å². The summed E-state index contributed by atoms with van der Waals surface area (Å²) in [5.74, 6) is 0. The van der Waals surface area contributed by atoms with E-state index in [2.05, 4.69) is 30.5 Å². The van der Waals surface area contributed by atoms with Crippen LogP contribution in [0.3, 0.4) is 0 Å². The minimum Gasteiger partial charge on any atom is -0.310 e. The number of benzene rings is 1. The Hall–Kier alpha value is -0.790. The van der Waals surface area contributed by atoms with Gasteiger partial charge in [-0.25, -0.2) is 0 Å². The molecule has 0 heterocycles. The van der Waals surface area contributed by atoms with Crippen LogP contribution in [0.25, 0.3) is 0 Å². The lowest BCUT2D eigenvalue weighted by molar-refractivity contribution is 0.581. The minimum atomic E-state index is 0.309. The zero-order valence-corrected chi connectivity index (χ0v) is 10.1. The van der Waals surface area contributed by atoms with Gasteiger partial charge in [0.15, 0.2) is 0 Å². The van der Waals surface area contributed by atoms with E-state index in [-0.39, 0.29) is 0 Å². The molecule has 0 amide bonds. The van der Waals surface area contributed by atoms with Crippen molar-refractivity contribution in [2.24, 2.45) is 0 Å². The molecule has 1 atom stereocenters. The summed E-state index contributed by atoms with van der Waals surface area (Å²) < 4.78 is 0. The Morgan fingerprint density at radius 1 is 1.40 bits per heavy atom. The predicted molar refractivity (Wildman–Crippen MR) is 67.3 cm³/mol. The molecule has 1 aromatic rings. The molecule has 2 heteroatoms. The normalized spacial score (nSPS) is 13.3. The fourth-order valence-electron chi connectivity index (χ4n) is 1.49. The maximum absolute atomic E-state index is 6.11. The molecule has 0 aromatic heterocycles. The fraction of sp³-hybridized carbons (Fsp3) is 0.385. The summed E-state index contributed by atoms with van der Waals surface area (Å²) in [6, 6.07) is 8.28. The first-order valence-electron chi connectivity index (χ1n) is 5.34. The summed E-state index contributed by atoms with van der Waals surface area (Å²) in [6.45, 7) is 5.16. The second-order valence-corrected chi connectivity index (χ2v) is 3.96. The molecule has 1 unspecified atom stereocenters. The van der Waals surface area contributed by atoms with Gasteiger partial charge in [0.05, 0.1) is 0 Å². The first-order valence-corrected chi connectivity index (χ1v) is 5.72. The van der Waals surface area contributed by atoms with E-state index in [4.69, 9.17) is 11.6 Å². The van der Waals surface area contributed by atoms with Crippen LogP contribution in [0.1, 0.15) is 31.9 Å². The zero-order valence-electron chi connectivity index (χ0n) is 9.33. The van der Waals surface area contributed by atoms with E-state index in [9.17, 15) is 0 Å². The average molecular weight is 224 g/mol. The van der Waals surface area contributed by atoms with Crippen LogP contribution in [0.2, 0.25) is 5.02 Å².